The second-order valence-electron chi connectivity index (χ2n) is 48.5. The fourth-order valence-electron chi connectivity index (χ4n) is 14.6. The predicted octanol–water partition coefficient (Wildman–Crippen LogP) is 29.6. The van der Waals surface area contributed by atoms with E-state index in [4.69, 9.17) is 52.6 Å². The van der Waals surface area contributed by atoms with E-state index in [0.29, 0.717) is 92.9 Å². The number of ether oxygens (including phenoxy) is 5. The van der Waals surface area contributed by atoms with Crippen molar-refractivity contribution in [3.05, 3.63) is 225 Å². The average molecular weight is 2020 g/mol. The van der Waals surface area contributed by atoms with Crippen LogP contribution < -0.4 is 24.7 Å². The van der Waals surface area contributed by atoms with Crippen LogP contribution in [0.25, 0.3) is 0 Å². The second-order valence-corrected chi connectivity index (χ2v) is 49.4. The number of aryl methyl sites for hydroxylation is 4. The van der Waals surface area contributed by atoms with Gasteiger partial charge >= 0.3 is 0 Å². The molecule has 0 aliphatic rings. The Balaban J connectivity index is 0. The molecule has 0 saturated heterocycles. The second kappa shape index (κ2) is 61.1. The third kappa shape index (κ3) is 57.7. The first-order chi connectivity index (χ1) is 64.9. The lowest BCUT2D eigenvalue weighted by Crippen LogP contribution is -2.45. The van der Waals surface area contributed by atoms with Crippen LogP contribution in [0.15, 0.2) is 176 Å². The molecule has 20 heteroatoms. The van der Waals surface area contributed by atoms with Crippen molar-refractivity contribution in [2.24, 2.45) is 55.0 Å². The minimum Gasteiger partial charge on any atom is -0.493 e. The van der Waals surface area contributed by atoms with Crippen LogP contribution in [-0.4, -0.2) is 148 Å². The maximum absolute atomic E-state index is 12.5. The number of benzene rings is 6. The number of allylic oxidation sites excluding steroid dienone is 5. The Morgan fingerprint density at radius 2 is 0.811 bits per heavy atom. The number of likely N-dealkylation sites (N-methyl/N-ethyl adjacent to an activating group) is 1. The van der Waals surface area contributed by atoms with E-state index in [9.17, 15) is 53.4 Å². The molecule has 802 valence electrons. The van der Waals surface area contributed by atoms with E-state index >= 15 is 0 Å². The van der Waals surface area contributed by atoms with E-state index in [1.54, 1.807) is 107 Å². The molecular formula is C123H191Cl2N2O16+. The highest BCUT2D eigenvalue weighted by molar-refractivity contribution is 6.31. The quantitative estimate of drug-likeness (QED) is 0.0140. The zero-order valence-corrected chi connectivity index (χ0v) is 97.9. The van der Waals surface area contributed by atoms with Gasteiger partial charge in [-0.15, -0.1) is 0 Å². The normalized spacial score (nSPS) is 13.0. The lowest BCUT2D eigenvalue weighted by Gasteiger charge is -2.31. The van der Waals surface area contributed by atoms with Gasteiger partial charge in [-0.05, 0) is 242 Å². The standard InChI is InChI=1S/C25H32O3.C21H23ClO3.C19H30O2.C14H19ClO2.C12H22O.C11H24NO2.C11H23NO2.C10H18O/c1-18-10-14-20(15-11-18)22(26)9-7-8-19-12-16-21(17-13-19)28-25(5,6)23(27)24(2,3)4;1-20(2,3)19(24)21(4,5)25-17-12-8-15(9-13-17)18(23)14-6-10-16(22)11-7-14;1-14-9-10-15(2)16(13-14)21-12-8-11-19(6,7)17(20)18(3,4)5;1-13(2,3)12(16)14(4,5)17-11-8-6-10(15)7-9-11;1-6-7-8-9-12(4,5)11(13)10(2)3;1-11(2,3)10(14)7-9(13)8-12(4,5)6;1-5-6-7-10(13)9(12)8-14-11(2,3)4;1-5-6-7-8-9(11)10(2,3)4/h10-17H,7-9H2,1-6H3;6-13H,1-5H3;9-10,13H,8,11-12H2,1-7H3;6-9H,1-5H3;7-8,10H,6,9H2,1-5H3;9,13H,7-8H2,1-6H3;6-7,9-10,13H,5,8,12H2,1-4H3;6-7H,5,8H2,1-4H3/q;;;;;+1;;/b;;;;8-7-;;7-6+;7-6-/t;;;;;;9-,10+;/m......1./s1. The molecule has 0 heterocycles. The zero-order chi connectivity index (χ0) is 111. The van der Waals surface area contributed by atoms with Crippen LogP contribution in [0, 0.1) is 70.0 Å². The topological polar surface area (TPSA) is 266 Å². The first kappa shape index (κ1) is 136. The molecule has 0 amide bonds. The van der Waals surface area contributed by atoms with Crippen LogP contribution in [0.3, 0.4) is 0 Å². The van der Waals surface area contributed by atoms with Crippen molar-refractivity contribution in [3.63, 3.8) is 0 Å². The van der Waals surface area contributed by atoms with Gasteiger partial charge in [-0.25, -0.2) is 0 Å². The summed E-state index contributed by atoms with van der Waals surface area (Å²) in [7, 11) is 6.01. The number of nitrogens with two attached hydrogens (primary N) is 1. The smallest absolute Gasteiger partial charge is 0.193 e. The number of hydrogen-bond acceptors (Lipinski definition) is 17. The summed E-state index contributed by atoms with van der Waals surface area (Å²) in [4.78, 5) is 109. The molecule has 3 atom stereocenters. The summed E-state index contributed by atoms with van der Waals surface area (Å²) in [6.45, 7) is 77.1. The molecule has 18 nitrogen and oxygen atoms in total. The molecule has 0 aromatic heterocycles. The SMILES string of the molecule is CC(C)(C)C(=O)C(C)(C)Oc1ccc(C(=O)c2ccc(Cl)cc2)cc1.CC(C)(C)C(=O)C(C)(C)Oc1ccc(Cl)cc1.CC(C)(C)C(=O)CC(O)C[N+](C)(C)C.CC/C=C/[C@H](O)[C@H](N)COC(C)(C)C.CC/C=C\CC(=O)C(C)(C)C.CC/C=C\CC(C)(C)C(=O)C(C)C.Cc1ccc(C(=O)CCCc2ccc(OC(C)(C)C(=O)C(C)(C)C)cc2)cc1.Cc1ccc(C)c(OCCCC(C)(C)C(=O)C(C)(C)C)c1. The van der Waals surface area contributed by atoms with Gasteiger partial charge in [0.05, 0.1) is 52.1 Å². The summed E-state index contributed by atoms with van der Waals surface area (Å²) in [5.74, 6) is 4.33. The summed E-state index contributed by atoms with van der Waals surface area (Å²) in [6.07, 6.45) is 19.3. The van der Waals surface area contributed by atoms with E-state index in [1.165, 1.54) is 5.56 Å². The third-order valence-electron chi connectivity index (χ3n) is 22.3. The van der Waals surface area contributed by atoms with Crippen LogP contribution in [0.4, 0.5) is 0 Å². The van der Waals surface area contributed by atoms with Gasteiger partial charge < -0.3 is 44.1 Å². The Labute approximate surface area is 876 Å². The highest BCUT2D eigenvalue weighted by atomic mass is 35.5. The van der Waals surface area contributed by atoms with Crippen molar-refractivity contribution in [1.82, 2.24) is 0 Å². The van der Waals surface area contributed by atoms with Crippen molar-refractivity contribution in [1.29, 1.82) is 0 Å². The Morgan fingerprint density at radius 3 is 1.20 bits per heavy atom. The summed E-state index contributed by atoms with van der Waals surface area (Å²) < 4.78 is 29.6. The third-order valence-corrected chi connectivity index (χ3v) is 22.8. The van der Waals surface area contributed by atoms with Gasteiger partial charge in [0.1, 0.15) is 58.8 Å². The first-order valence-electron chi connectivity index (χ1n) is 50.9. The Bertz CT molecular complexity index is 4930. The molecule has 0 spiro atoms. The molecule has 0 fully saturated rings. The number of carbonyl (C=O) groups is 9. The van der Waals surface area contributed by atoms with Crippen molar-refractivity contribution < 1.29 is 81.5 Å². The number of halogens is 2. The molecule has 0 radical (unpaired) electrons. The first-order valence-corrected chi connectivity index (χ1v) is 51.7. The fraction of sp³-hybridized carbons (Fsp3) is 0.585. The Morgan fingerprint density at radius 1 is 0.434 bits per heavy atom. The number of Topliss-reactive ketones (excluding diaryl/α,β-unsaturated/α-hetero) is 8. The molecule has 143 heavy (non-hydrogen) atoms. The van der Waals surface area contributed by atoms with E-state index in [1.807, 2.05) is 303 Å². The average Bonchev–Trinajstić information content (AvgIpc) is 0.809. The number of nitrogens with zero attached hydrogens (tertiary/aromatic N) is 1. The van der Waals surface area contributed by atoms with Gasteiger partial charge in [-0.3, -0.25) is 43.2 Å². The number of ketones is 9. The number of carbonyl (C=O) groups excluding carboxylic acids is 9. The van der Waals surface area contributed by atoms with Crippen LogP contribution >= 0.6 is 23.2 Å². The van der Waals surface area contributed by atoms with Gasteiger partial charge in [0.25, 0.3) is 0 Å². The van der Waals surface area contributed by atoms with Gasteiger partial charge in [0.15, 0.2) is 45.7 Å². The minimum absolute atomic E-state index is 0.0151. The molecule has 0 aliphatic heterocycles. The lowest BCUT2D eigenvalue weighted by molar-refractivity contribution is -0.873. The number of quaternary nitrogens is 1. The minimum atomic E-state index is -0.944. The maximum atomic E-state index is 12.5. The van der Waals surface area contributed by atoms with Crippen molar-refractivity contribution >= 4 is 75.3 Å². The molecule has 0 bridgehead atoms. The van der Waals surface area contributed by atoms with Crippen LogP contribution in [0.1, 0.15) is 362 Å². The number of rotatable bonds is 39. The maximum Gasteiger partial charge on any atom is 0.193 e. The van der Waals surface area contributed by atoms with Gasteiger partial charge in [-0.1, -0.05) is 301 Å². The molecular weight excluding hydrogens is 1830 g/mol. The molecule has 6 rings (SSSR count). The number of aliphatic hydroxyl groups excluding tert-OH is 2. The largest absolute Gasteiger partial charge is 0.493 e. The molecule has 6 aromatic carbocycles. The van der Waals surface area contributed by atoms with Gasteiger partial charge in [0.2, 0.25) is 0 Å². The summed E-state index contributed by atoms with van der Waals surface area (Å²) >= 11 is 11.6. The lowest BCUT2D eigenvalue weighted by atomic mass is 9.72. The molecule has 6 aromatic rings. The van der Waals surface area contributed by atoms with Crippen molar-refractivity contribution in [3.8, 4) is 23.0 Å². The summed E-state index contributed by atoms with van der Waals surface area (Å²) in [5, 5.41) is 20.5. The van der Waals surface area contributed by atoms with Crippen LogP contribution in [0.5, 0.6) is 23.0 Å². The monoisotopic (exact) mass is 2020 g/mol. The van der Waals surface area contributed by atoms with Gasteiger partial charge in [0, 0.05) is 95.2 Å². The summed E-state index contributed by atoms with van der Waals surface area (Å²) in [6, 6.07) is 42.0. The molecule has 0 saturated carbocycles. The van der Waals surface area contributed by atoms with Crippen LogP contribution in [0.2, 0.25) is 10.0 Å². The van der Waals surface area contributed by atoms with Crippen molar-refractivity contribution in [2.75, 3.05) is 40.9 Å². The molecule has 4 N–H and O–H groups in total. The van der Waals surface area contributed by atoms with Crippen LogP contribution in [-0.2, 0) is 44.7 Å². The Hall–Kier alpha value is -8.85. The summed E-state index contributed by atoms with van der Waals surface area (Å²) in [5.41, 5.74) is 6.80. The Kier molecular flexibility index (Phi) is 58.1. The number of aliphatic hydroxyl groups is 2. The van der Waals surface area contributed by atoms with Gasteiger partial charge in [-0.2, -0.15) is 0 Å². The molecule has 1 unspecified atom stereocenters. The highest BCUT2D eigenvalue weighted by Crippen LogP contribution is 2.36. The van der Waals surface area contributed by atoms with E-state index in [0.717, 1.165) is 79.4 Å². The van der Waals surface area contributed by atoms with E-state index in [-0.39, 0.29) is 85.8 Å². The van der Waals surface area contributed by atoms with Crippen molar-refractivity contribution in [2.45, 2.75) is 381 Å². The predicted molar refractivity (Wildman–Crippen MR) is 597 cm³/mol. The number of hydrogen-bond donors (Lipinski definition) is 3. The fourth-order valence-corrected chi connectivity index (χ4v) is 14.8. The van der Waals surface area contributed by atoms with E-state index in [2.05, 4.69) is 58.0 Å². The zero-order valence-electron chi connectivity index (χ0n) is 96.3. The van der Waals surface area contributed by atoms with E-state index < -0.39 is 45.3 Å². The highest BCUT2D eigenvalue weighted by Gasteiger charge is 2.42. The molecule has 0 aliphatic carbocycles.